The van der Waals surface area contributed by atoms with Crippen LogP contribution in [0.15, 0.2) is 58.3 Å². The van der Waals surface area contributed by atoms with Crippen LogP contribution in [0.4, 0.5) is 5.95 Å². The molecule has 2 heterocycles. The third kappa shape index (κ3) is 2.10. The maximum atomic E-state index is 12.3. The third-order valence-electron chi connectivity index (χ3n) is 3.99. The molecule has 3 N–H and O–H groups in total. The number of anilines is 1. The van der Waals surface area contributed by atoms with Crippen LogP contribution in [0.1, 0.15) is 11.7 Å². The average molecular weight is 321 g/mol. The van der Waals surface area contributed by atoms with Crippen LogP contribution in [0, 0.1) is 0 Å². The first-order chi connectivity index (χ1) is 11.7. The Balaban J connectivity index is 2.06. The topological polar surface area (TPSA) is 94.5 Å². The van der Waals surface area contributed by atoms with Gasteiger partial charge in [0.2, 0.25) is 5.95 Å². The van der Waals surface area contributed by atoms with E-state index in [-0.39, 0.29) is 11.5 Å². The highest BCUT2D eigenvalue weighted by Gasteiger charge is 2.26. The van der Waals surface area contributed by atoms with Crippen LogP contribution in [0.25, 0.3) is 10.9 Å². The van der Waals surface area contributed by atoms with Gasteiger partial charge in [-0.3, -0.25) is 14.7 Å². The van der Waals surface area contributed by atoms with E-state index in [9.17, 15) is 4.79 Å². The summed E-state index contributed by atoms with van der Waals surface area (Å²) in [5.74, 6) is 1.25. The number of methoxy groups -OCH3 is 1. The first-order valence-electron chi connectivity index (χ1n) is 7.43. The number of aliphatic imine (C=N–C) groups is 1. The molecule has 2 aromatic carbocycles. The molecule has 0 fully saturated rings. The summed E-state index contributed by atoms with van der Waals surface area (Å²) >= 11 is 0. The third-order valence-corrected chi connectivity index (χ3v) is 3.99. The lowest BCUT2D eigenvalue weighted by Crippen LogP contribution is -2.35. The van der Waals surface area contributed by atoms with Gasteiger partial charge in [0, 0.05) is 5.56 Å². The number of ether oxygens (including phenoxy) is 1. The molecule has 0 radical (unpaired) electrons. The maximum Gasteiger partial charge on any atom is 0.282 e. The zero-order valence-electron chi connectivity index (χ0n) is 12.9. The highest BCUT2D eigenvalue weighted by Crippen LogP contribution is 2.34. The summed E-state index contributed by atoms with van der Waals surface area (Å²) in [5, 5.41) is 3.40. The van der Waals surface area contributed by atoms with E-state index in [1.54, 1.807) is 13.2 Å². The Morgan fingerprint density at radius 2 is 1.92 bits per heavy atom. The van der Waals surface area contributed by atoms with Crippen molar-refractivity contribution in [3.63, 3.8) is 0 Å². The van der Waals surface area contributed by atoms with Crippen molar-refractivity contribution in [1.82, 2.24) is 9.55 Å². The molecule has 120 valence electrons. The summed E-state index contributed by atoms with van der Waals surface area (Å²) in [4.78, 5) is 20.9. The lowest BCUT2D eigenvalue weighted by atomic mass is 10.1. The normalized spacial score (nSPS) is 16.2. The molecular formula is C17H15N5O2. The van der Waals surface area contributed by atoms with E-state index < -0.39 is 6.17 Å². The number of hydrogen-bond acceptors (Lipinski definition) is 6. The summed E-state index contributed by atoms with van der Waals surface area (Å²) < 4.78 is 7.31. The predicted molar refractivity (Wildman–Crippen MR) is 92.4 cm³/mol. The number of guanidine groups is 1. The number of nitrogens with zero attached hydrogens (tertiary/aromatic N) is 3. The highest BCUT2D eigenvalue weighted by atomic mass is 16.5. The minimum absolute atomic E-state index is 0.202. The second-order valence-electron chi connectivity index (χ2n) is 5.38. The van der Waals surface area contributed by atoms with Gasteiger partial charge >= 0.3 is 0 Å². The molecule has 7 heteroatoms. The van der Waals surface area contributed by atoms with Gasteiger partial charge in [-0.2, -0.15) is 4.98 Å². The molecule has 1 atom stereocenters. The fraction of sp³-hybridized carbons (Fsp3) is 0.118. The van der Waals surface area contributed by atoms with Crippen LogP contribution >= 0.6 is 0 Å². The van der Waals surface area contributed by atoms with Crippen LogP contribution in [0.3, 0.4) is 0 Å². The largest absolute Gasteiger partial charge is 0.496 e. The Labute approximate surface area is 137 Å². The molecule has 24 heavy (non-hydrogen) atoms. The van der Waals surface area contributed by atoms with Gasteiger partial charge in [0.1, 0.15) is 5.75 Å². The SMILES string of the molecule is COc1ccccc1[C@@H]1N=C(N)Nc2nc(=O)c3ccccc3n21. The number of para-hydroxylation sites is 2. The van der Waals surface area contributed by atoms with E-state index >= 15 is 0 Å². The van der Waals surface area contributed by atoms with Crippen molar-refractivity contribution in [3.8, 4) is 5.75 Å². The maximum absolute atomic E-state index is 12.3. The number of rotatable bonds is 2. The summed E-state index contributed by atoms with van der Waals surface area (Å²) in [6, 6.07) is 14.9. The first-order valence-corrected chi connectivity index (χ1v) is 7.43. The smallest absolute Gasteiger partial charge is 0.282 e. The first kappa shape index (κ1) is 14.3. The Morgan fingerprint density at radius 3 is 2.75 bits per heavy atom. The Hall–Kier alpha value is -3.35. The molecular weight excluding hydrogens is 306 g/mol. The Bertz CT molecular complexity index is 1020. The second-order valence-corrected chi connectivity index (χ2v) is 5.38. The standard InChI is InChI=1S/C17H15N5O2/c1-24-13-9-5-3-7-11(13)14-19-16(18)21-17-20-15(23)10-6-2-4-8-12(10)22(14)17/h2-9,14H,1H3,(H3,18,19,20,21,23)/t14-/m1/s1. The van der Waals surface area contributed by atoms with Crippen LogP contribution in [0.5, 0.6) is 5.75 Å². The van der Waals surface area contributed by atoms with Crippen molar-refractivity contribution in [1.29, 1.82) is 0 Å². The molecule has 0 bridgehead atoms. The van der Waals surface area contributed by atoms with E-state index in [1.165, 1.54) is 0 Å². The van der Waals surface area contributed by atoms with Crippen molar-refractivity contribution in [2.24, 2.45) is 10.7 Å². The summed E-state index contributed by atoms with van der Waals surface area (Å²) in [7, 11) is 1.61. The molecule has 1 aliphatic rings. The molecule has 1 aromatic heterocycles. The minimum atomic E-state index is -0.476. The van der Waals surface area contributed by atoms with E-state index in [2.05, 4.69) is 15.3 Å². The van der Waals surface area contributed by atoms with Crippen molar-refractivity contribution < 1.29 is 4.74 Å². The number of hydrogen-bond donors (Lipinski definition) is 2. The fourth-order valence-electron chi connectivity index (χ4n) is 2.95. The molecule has 4 rings (SSSR count). The van der Waals surface area contributed by atoms with Gasteiger partial charge in [0.15, 0.2) is 12.1 Å². The number of nitrogens with two attached hydrogens (primary N) is 1. The van der Waals surface area contributed by atoms with Gasteiger partial charge in [-0.1, -0.05) is 30.3 Å². The van der Waals surface area contributed by atoms with Crippen molar-refractivity contribution in [3.05, 3.63) is 64.4 Å². The average Bonchev–Trinajstić information content (AvgIpc) is 2.61. The van der Waals surface area contributed by atoms with E-state index in [0.29, 0.717) is 17.1 Å². The van der Waals surface area contributed by atoms with Gasteiger partial charge in [-0.05, 0) is 18.2 Å². The quantitative estimate of drug-likeness (QED) is 0.749. The molecule has 0 spiro atoms. The molecule has 0 unspecified atom stereocenters. The van der Waals surface area contributed by atoms with Gasteiger partial charge in [0.25, 0.3) is 5.56 Å². The van der Waals surface area contributed by atoms with Crippen molar-refractivity contribution >= 4 is 22.8 Å². The van der Waals surface area contributed by atoms with Crippen LogP contribution in [-0.4, -0.2) is 22.6 Å². The Morgan fingerprint density at radius 1 is 1.17 bits per heavy atom. The van der Waals surface area contributed by atoms with Gasteiger partial charge in [0.05, 0.1) is 18.0 Å². The van der Waals surface area contributed by atoms with Crippen molar-refractivity contribution in [2.45, 2.75) is 6.17 Å². The van der Waals surface area contributed by atoms with Crippen LogP contribution < -0.4 is 21.3 Å². The lowest BCUT2D eigenvalue weighted by molar-refractivity contribution is 0.402. The van der Waals surface area contributed by atoms with Gasteiger partial charge in [-0.25, -0.2) is 4.99 Å². The number of aromatic nitrogens is 2. The summed E-state index contributed by atoms with van der Waals surface area (Å²) in [6.45, 7) is 0. The predicted octanol–water partition coefficient (Wildman–Crippen LogP) is 1.69. The molecule has 1 aliphatic heterocycles. The zero-order chi connectivity index (χ0) is 16.7. The summed E-state index contributed by atoms with van der Waals surface area (Å²) in [6.07, 6.45) is -0.476. The van der Waals surface area contributed by atoms with Gasteiger partial charge < -0.3 is 10.5 Å². The van der Waals surface area contributed by atoms with Crippen LogP contribution in [-0.2, 0) is 0 Å². The summed E-state index contributed by atoms with van der Waals surface area (Å²) in [5.41, 5.74) is 7.16. The Kier molecular flexibility index (Phi) is 3.19. The zero-order valence-corrected chi connectivity index (χ0v) is 12.9. The van der Waals surface area contributed by atoms with Gasteiger partial charge in [-0.15, -0.1) is 0 Å². The number of benzene rings is 2. The minimum Gasteiger partial charge on any atom is -0.496 e. The highest BCUT2D eigenvalue weighted by molar-refractivity contribution is 5.93. The van der Waals surface area contributed by atoms with Crippen LogP contribution in [0.2, 0.25) is 0 Å². The number of nitrogens with one attached hydrogen (secondary N) is 1. The molecule has 7 nitrogen and oxygen atoms in total. The monoisotopic (exact) mass is 321 g/mol. The molecule has 0 saturated carbocycles. The van der Waals surface area contributed by atoms with E-state index in [4.69, 9.17) is 10.5 Å². The molecule has 3 aromatic rings. The second kappa shape index (κ2) is 5.38. The number of fused-ring (bicyclic) bond motifs is 3. The molecule has 0 aliphatic carbocycles. The fourth-order valence-corrected chi connectivity index (χ4v) is 2.95. The van der Waals surface area contributed by atoms with E-state index in [0.717, 1.165) is 11.1 Å². The lowest BCUT2D eigenvalue weighted by Gasteiger charge is -2.28. The van der Waals surface area contributed by atoms with E-state index in [1.807, 2.05) is 47.0 Å². The molecule has 0 saturated heterocycles. The molecule has 0 amide bonds. The van der Waals surface area contributed by atoms with Crippen molar-refractivity contribution in [2.75, 3.05) is 12.4 Å².